The number of benzene rings is 2. The molecule has 1 aliphatic heterocycles. The topological polar surface area (TPSA) is 41.6 Å². The predicted octanol–water partition coefficient (Wildman–Crippen LogP) is 5.57. The van der Waals surface area contributed by atoms with Crippen molar-refractivity contribution in [2.45, 2.75) is 46.0 Å². The molecule has 7 heteroatoms. The van der Waals surface area contributed by atoms with E-state index < -0.39 is 28.9 Å². The van der Waals surface area contributed by atoms with Gasteiger partial charge in [-0.25, -0.2) is 13.2 Å². The molecule has 1 aliphatic rings. The summed E-state index contributed by atoms with van der Waals surface area (Å²) in [6, 6.07) is 5.21. The normalized spacial score (nSPS) is 14.2. The van der Waals surface area contributed by atoms with E-state index in [2.05, 4.69) is 5.32 Å². The maximum atomic E-state index is 15.0. The van der Waals surface area contributed by atoms with E-state index in [1.54, 1.807) is 17.0 Å². The number of carbonyl (C=O) groups is 1. The molecule has 3 rings (SSSR count). The van der Waals surface area contributed by atoms with E-state index in [0.29, 0.717) is 18.8 Å². The monoisotopic (exact) mass is 420 g/mol. The highest BCUT2D eigenvalue weighted by Gasteiger charge is 2.31. The molecule has 0 unspecified atom stereocenters. The first-order valence-corrected chi connectivity index (χ1v) is 9.98. The first-order valence-electron chi connectivity index (χ1n) is 9.98. The second-order valence-electron chi connectivity index (χ2n) is 8.60. The summed E-state index contributed by atoms with van der Waals surface area (Å²) in [6.45, 7) is 8.40. The Hall–Kier alpha value is -2.70. The average molecular weight is 420 g/mol. The van der Waals surface area contributed by atoms with Gasteiger partial charge >= 0.3 is 0 Å². The number of nitrogens with one attached hydrogen (secondary N) is 1. The fourth-order valence-electron chi connectivity index (χ4n) is 3.74. The molecule has 162 valence electrons. The van der Waals surface area contributed by atoms with E-state index in [1.165, 1.54) is 14.0 Å². The molecule has 0 atom stereocenters. The van der Waals surface area contributed by atoms with Crippen molar-refractivity contribution in [2.24, 2.45) is 0 Å². The van der Waals surface area contributed by atoms with Crippen molar-refractivity contribution in [1.29, 1.82) is 0 Å². The summed E-state index contributed by atoms with van der Waals surface area (Å²) in [5.74, 6) is -4.47. The number of anilines is 2. The molecular formula is C23H27F3N2O2. The Balaban J connectivity index is 2.02. The standard InChI is InChI=1S/C23H27F3N2O2/c1-13-18(24)17(19(25)20(26)21(13)28-10-6-7-11-28)22(29)27-15-12-14(23(2,3)4)8-9-16(15)30-5/h8-9,12H,6-7,10-11H2,1-5H3,(H,27,29). The van der Waals surface area contributed by atoms with Gasteiger partial charge in [0, 0.05) is 18.7 Å². The van der Waals surface area contributed by atoms with Crippen LogP contribution in [0.1, 0.15) is 55.1 Å². The van der Waals surface area contributed by atoms with Gasteiger partial charge in [-0.15, -0.1) is 0 Å². The molecule has 1 N–H and O–H groups in total. The molecule has 1 saturated heterocycles. The van der Waals surface area contributed by atoms with Crippen LogP contribution >= 0.6 is 0 Å². The minimum atomic E-state index is -1.48. The Morgan fingerprint density at radius 2 is 1.70 bits per heavy atom. The second kappa shape index (κ2) is 8.20. The van der Waals surface area contributed by atoms with E-state index in [9.17, 15) is 13.6 Å². The molecule has 0 spiro atoms. The fourth-order valence-corrected chi connectivity index (χ4v) is 3.74. The molecule has 1 heterocycles. The minimum Gasteiger partial charge on any atom is -0.495 e. The van der Waals surface area contributed by atoms with Gasteiger partial charge < -0.3 is 15.0 Å². The summed E-state index contributed by atoms with van der Waals surface area (Å²) in [5, 5.41) is 2.49. The number of methoxy groups -OCH3 is 1. The van der Waals surface area contributed by atoms with E-state index >= 15 is 4.39 Å². The molecule has 2 aromatic carbocycles. The first-order chi connectivity index (χ1) is 14.1. The fraction of sp³-hybridized carbons (Fsp3) is 0.435. The minimum absolute atomic E-state index is 0.0728. The van der Waals surface area contributed by atoms with Gasteiger partial charge in [0.05, 0.1) is 18.5 Å². The van der Waals surface area contributed by atoms with Crippen LogP contribution in [-0.2, 0) is 5.41 Å². The number of carbonyl (C=O) groups excluding carboxylic acids is 1. The molecule has 30 heavy (non-hydrogen) atoms. The number of ether oxygens (including phenoxy) is 1. The van der Waals surface area contributed by atoms with E-state index in [4.69, 9.17) is 4.74 Å². The van der Waals surface area contributed by atoms with Crippen LogP contribution in [0, 0.1) is 24.4 Å². The summed E-state index contributed by atoms with van der Waals surface area (Å²) >= 11 is 0. The largest absolute Gasteiger partial charge is 0.495 e. The lowest BCUT2D eigenvalue weighted by atomic mass is 9.87. The van der Waals surface area contributed by atoms with Gasteiger partial charge in [-0.3, -0.25) is 4.79 Å². The highest BCUT2D eigenvalue weighted by atomic mass is 19.2. The number of halogens is 3. The zero-order valence-corrected chi connectivity index (χ0v) is 18.0. The van der Waals surface area contributed by atoms with Gasteiger partial charge in [0.2, 0.25) is 0 Å². The third kappa shape index (κ3) is 3.98. The maximum Gasteiger partial charge on any atom is 0.261 e. The van der Waals surface area contributed by atoms with Crippen LogP contribution in [0.2, 0.25) is 0 Å². The van der Waals surface area contributed by atoms with Gasteiger partial charge in [-0.2, -0.15) is 0 Å². The lowest BCUT2D eigenvalue weighted by Crippen LogP contribution is -2.25. The Kier molecular flexibility index (Phi) is 6.01. The molecule has 0 bridgehead atoms. The smallest absolute Gasteiger partial charge is 0.261 e. The van der Waals surface area contributed by atoms with Crippen molar-refractivity contribution in [1.82, 2.24) is 0 Å². The molecule has 0 saturated carbocycles. The van der Waals surface area contributed by atoms with Gasteiger partial charge in [0.1, 0.15) is 17.1 Å². The van der Waals surface area contributed by atoms with Crippen molar-refractivity contribution < 1.29 is 22.7 Å². The molecule has 4 nitrogen and oxygen atoms in total. The van der Waals surface area contributed by atoms with Crippen molar-refractivity contribution in [3.63, 3.8) is 0 Å². The second-order valence-corrected chi connectivity index (χ2v) is 8.60. The Morgan fingerprint density at radius 1 is 1.07 bits per heavy atom. The number of amides is 1. The Labute approximate surface area is 175 Å². The molecule has 0 aliphatic carbocycles. The highest BCUT2D eigenvalue weighted by Crippen LogP contribution is 2.35. The Morgan fingerprint density at radius 3 is 2.27 bits per heavy atom. The van der Waals surface area contributed by atoms with Crippen molar-refractivity contribution in [2.75, 3.05) is 30.4 Å². The van der Waals surface area contributed by atoms with Crippen LogP contribution in [0.15, 0.2) is 18.2 Å². The van der Waals surface area contributed by atoms with Crippen LogP contribution in [-0.4, -0.2) is 26.1 Å². The summed E-state index contributed by atoms with van der Waals surface area (Å²) in [5.41, 5.74) is -0.178. The van der Waals surface area contributed by atoms with Crippen LogP contribution in [0.4, 0.5) is 24.5 Å². The third-order valence-corrected chi connectivity index (χ3v) is 5.49. The quantitative estimate of drug-likeness (QED) is 0.658. The van der Waals surface area contributed by atoms with Crippen LogP contribution in [0.25, 0.3) is 0 Å². The SMILES string of the molecule is COc1ccc(C(C)(C)C)cc1NC(=O)c1c(F)c(C)c(N2CCCC2)c(F)c1F. The molecule has 1 amide bonds. The van der Waals surface area contributed by atoms with E-state index in [1.807, 2.05) is 26.8 Å². The molecule has 1 fully saturated rings. The summed E-state index contributed by atoms with van der Waals surface area (Å²) in [4.78, 5) is 14.4. The van der Waals surface area contributed by atoms with Crippen LogP contribution in [0.5, 0.6) is 5.75 Å². The lowest BCUT2D eigenvalue weighted by molar-refractivity contribution is 0.101. The van der Waals surface area contributed by atoms with Gasteiger partial charge in [0.15, 0.2) is 11.6 Å². The zero-order chi connectivity index (χ0) is 22.2. The molecule has 0 radical (unpaired) electrons. The van der Waals surface area contributed by atoms with Crippen molar-refractivity contribution in [3.8, 4) is 5.75 Å². The third-order valence-electron chi connectivity index (χ3n) is 5.49. The predicted molar refractivity (Wildman–Crippen MR) is 112 cm³/mol. The van der Waals surface area contributed by atoms with Crippen molar-refractivity contribution in [3.05, 3.63) is 52.3 Å². The first kappa shape index (κ1) is 22.0. The summed E-state index contributed by atoms with van der Waals surface area (Å²) in [7, 11) is 1.43. The number of nitrogens with zero attached hydrogens (tertiary/aromatic N) is 1. The summed E-state index contributed by atoms with van der Waals surface area (Å²) < 4.78 is 50.0. The van der Waals surface area contributed by atoms with Crippen molar-refractivity contribution >= 4 is 17.3 Å². The number of rotatable bonds is 4. The number of hydrogen-bond acceptors (Lipinski definition) is 3. The Bertz CT molecular complexity index is 948. The number of hydrogen-bond donors (Lipinski definition) is 1. The molecular weight excluding hydrogens is 393 g/mol. The van der Waals surface area contributed by atoms with E-state index in [-0.39, 0.29) is 22.4 Å². The molecule has 2 aromatic rings. The summed E-state index contributed by atoms with van der Waals surface area (Å²) in [6.07, 6.45) is 1.66. The van der Waals surface area contributed by atoms with Crippen LogP contribution in [0.3, 0.4) is 0 Å². The van der Waals surface area contributed by atoms with E-state index in [0.717, 1.165) is 18.4 Å². The van der Waals surface area contributed by atoms with Gasteiger partial charge in [-0.05, 0) is 42.9 Å². The highest BCUT2D eigenvalue weighted by molar-refractivity contribution is 6.06. The maximum absolute atomic E-state index is 15.0. The van der Waals surface area contributed by atoms with Crippen LogP contribution < -0.4 is 15.0 Å². The lowest BCUT2D eigenvalue weighted by Gasteiger charge is -2.23. The van der Waals surface area contributed by atoms with Gasteiger partial charge in [0.25, 0.3) is 5.91 Å². The van der Waals surface area contributed by atoms with Gasteiger partial charge in [-0.1, -0.05) is 26.8 Å². The average Bonchev–Trinajstić information content (AvgIpc) is 3.20. The molecule has 0 aromatic heterocycles. The zero-order valence-electron chi connectivity index (χ0n) is 18.0.